The van der Waals surface area contributed by atoms with Gasteiger partial charge in [-0.25, -0.2) is 0 Å². The van der Waals surface area contributed by atoms with Gasteiger partial charge in [0.15, 0.2) is 17.8 Å². The first kappa shape index (κ1) is 20.6. The standard InChI is InChI=1S/C18H26O8/c1-24-13-9-11(6-7-12(13)20)5-3-2-4-8-25-18-17(23)16(22)15(21)14(10-19)26-18/h2,4,6-7,9,14-23H,3,5,8,10H2,1H3/b4-2+/t14-,15-,16+,17-,18-/m1/s1. The van der Waals surface area contributed by atoms with Crippen molar-refractivity contribution in [3.05, 3.63) is 35.9 Å². The fourth-order valence-corrected chi connectivity index (χ4v) is 2.67. The molecule has 0 saturated carbocycles. The molecule has 0 radical (unpaired) electrons. The van der Waals surface area contributed by atoms with E-state index < -0.39 is 37.3 Å². The molecule has 1 aliphatic heterocycles. The summed E-state index contributed by atoms with van der Waals surface area (Å²) in [7, 11) is 1.50. The van der Waals surface area contributed by atoms with E-state index in [2.05, 4.69) is 0 Å². The summed E-state index contributed by atoms with van der Waals surface area (Å²) in [5.41, 5.74) is 1.01. The minimum Gasteiger partial charge on any atom is -0.504 e. The van der Waals surface area contributed by atoms with E-state index in [1.54, 1.807) is 18.2 Å². The first-order valence-corrected chi connectivity index (χ1v) is 8.41. The lowest BCUT2D eigenvalue weighted by molar-refractivity contribution is -0.298. The van der Waals surface area contributed by atoms with Gasteiger partial charge in [-0.3, -0.25) is 0 Å². The average Bonchev–Trinajstić information content (AvgIpc) is 2.65. The summed E-state index contributed by atoms with van der Waals surface area (Å²) in [5.74, 6) is 0.525. The Kier molecular flexibility index (Phi) is 7.83. The van der Waals surface area contributed by atoms with E-state index in [4.69, 9.17) is 19.3 Å². The van der Waals surface area contributed by atoms with E-state index in [1.807, 2.05) is 12.1 Å². The predicted octanol–water partition coefficient (Wildman–Crippen LogP) is -0.294. The Balaban J connectivity index is 1.75. The molecule has 1 fully saturated rings. The number of aryl methyl sites for hydroxylation is 1. The first-order valence-electron chi connectivity index (χ1n) is 8.41. The summed E-state index contributed by atoms with van der Waals surface area (Å²) in [6.45, 7) is -0.349. The molecule has 1 heterocycles. The van der Waals surface area contributed by atoms with E-state index in [0.717, 1.165) is 18.4 Å². The van der Waals surface area contributed by atoms with Gasteiger partial charge >= 0.3 is 0 Å². The fourth-order valence-electron chi connectivity index (χ4n) is 2.67. The highest BCUT2D eigenvalue weighted by molar-refractivity contribution is 5.41. The van der Waals surface area contributed by atoms with Crippen LogP contribution in [0.2, 0.25) is 0 Å². The second kappa shape index (κ2) is 9.86. The zero-order valence-corrected chi connectivity index (χ0v) is 14.6. The fraction of sp³-hybridized carbons (Fsp3) is 0.556. The van der Waals surface area contributed by atoms with Gasteiger partial charge in [0.05, 0.1) is 20.3 Å². The Bertz CT molecular complexity index is 589. The smallest absolute Gasteiger partial charge is 0.187 e. The number of allylic oxidation sites excluding steroid dienone is 1. The van der Waals surface area contributed by atoms with E-state index in [9.17, 15) is 20.4 Å². The summed E-state index contributed by atoms with van der Waals surface area (Å²) in [6.07, 6.45) is -1.23. The SMILES string of the molecule is COc1cc(CC/C=C/CO[C@@H]2O[C@H](CO)[C@@H](O)[C@H](O)[C@H]2O)ccc1O. The first-order chi connectivity index (χ1) is 12.5. The number of methoxy groups -OCH3 is 1. The second-order valence-corrected chi connectivity index (χ2v) is 6.05. The van der Waals surface area contributed by atoms with Crippen LogP contribution >= 0.6 is 0 Å². The summed E-state index contributed by atoms with van der Waals surface area (Å²) in [6, 6.07) is 5.17. The third-order valence-electron chi connectivity index (χ3n) is 4.22. The molecule has 146 valence electrons. The van der Waals surface area contributed by atoms with Crippen LogP contribution in [0.3, 0.4) is 0 Å². The molecule has 8 nitrogen and oxygen atoms in total. The number of phenols is 1. The highest BCUT2D eigenvalue weighted by Gasteiger charge is 2.43. The van der Waals surface area contributed by atoms with Crippen molar-refractivity contribution in [2.45, 2.75) is 43.5 Å². The number of ether oxygens (including phenoxy) is 3. The summed E-state index contributed by atoms with van der Waals surface area (Å²) in [4.78, 5) is 0. The van der Waals surface area contributed by atoms with Gasteiger partial charge in [-0.15, -0.1) is 0 Å². The van der Waals surface area contributed by atoms with Gasteiger partial charge in [0.2, 0.25) is 0 Å². The van der Waals surface area contributed by atoms with Crippen LogP contribution in [0, 0.1) is 0 Å². The zero-order chi connectivity index (χ0) is 19.1. The van der Waals surface area contributed by atoms with Gasteiger partial charge in [0.25, 0.3) is 0 Å². The van der Waals surface area contributed by atoms with Crippen molar-refractivity contribution in [3.63, 3.8) is 0 Å². The number of aliphatic hydroxyl groups excluding tert-OH is 4. The largest absolute Gasteiger partial charge is 0.504 e. The number of hydrogen-bond acceptors (Lipinski definition) is 8. The maximum Gasteiger partial charge on any atom is 0.187 e. The van der Waals surface area contributed by atoms with E-state index >= 15 is 0 Å². The number of aromatic hydroxyl groups is 1. The molecule has 26 heavy (non-hydrogen) atoms. The van der Waals surface area contributed by atoms with E-state index in [1.165, 1.54) is 7.11 Å². The van der Waals surface area contributed by atoms with Crippen LogP contribution in [0.25, 0.3) is 0 Å². The van der Waals surface area contributed by atoms with Crippen molar-refractivity contribution in [1.29, 1.82) is 0 Å². The molecule has 2 rings (SSSR count). The summed E-state index contributed by atoms with van der Waals surface area (Å²) in [5, 5.41) is 47.9. The molecule has 0 unspecified atom stereocenters. The monoisotopic (exact) mass is 370 g/mol. The maximum atomic E-state index is 9.85. The zero-order valence-electron chi connectivity index (χ0n) is 14.6. The van der Waals surface area contributed by atoms with Crippen LogP contribution in [0.15, 0.2) is 30.4 Å². The van der Waals surface area contributed by atoms with Crippen LogP contribution in [-0.4, -0.2) is 76.6 Å². The molecule has 0 aromatic heterocycles. The molecular weight excluding hydrogens is 344 g/mol. The lowest BCUT2D eigenvalue weighted by Crippen LogP contribution is -2.59. The number of benzene rings is 1. The van der Waals surface area contributed by atoms with Crippen LogP contribution in [0.1, 0.15) is 12.0 Å². The molecular formula is C18H26O8. The van der Waals surface area contributed by atoms with Crippen molar-refractivity contribution >= 4 is 0 Å². The van der Waals surface area contributed by atoms with E-state index in [-0.39, 0.29) is 12.4 Å². The molecule has 0 spiro atoms. The molecule has 1 saturated heterocycles. The van der Waals surface area contributed by atoms with Gasteiger partial charge in [0, 0.05) is 0 Å². The molecule has 0 amide bonds. The van der Waals surface area contributed by atoms with Crippen molar-refractivity contribution in [1.82, 2.24) is 0 Å². The lowest BCUT2D eigenvalue weighted by atomic mass is 9.99. The molecule has 0 bridgehead atoms. The number of phenolic OH excluding ortho intramolecular Hbond substituents is 1. The number of hydrogen-bond donors (Lipinski definition) is 5. The van der Waals surface area contributed by atoms with Gasteiger partial charge in [-0.2, -0.15) is 0 Å². The molecule has 1 aromatic carbocycles. The molecule has 1 aromatic rings. The molecule has 5 N–H and O–H groups in total. The van der Waals surface area contributed by atoms with Crippen molar-refractivity contribution < 1.29 is 39.7 Å². The molecule has 0 aliphatic carbocycles. The van der Waals surface area contributed by atoms with Crippen LogP contribution < -0.4 is 4.74 Å². The van der Waals surface area contributed by atoms with Crippen molar-refractivity contribution in [2.75, 3.05) is 20.3 Å². The van der Waals surface area contributed by atoms with Gasteiger partial charge in [-0.05, 0) is 30.5 Å². The Morgan fingerprint density at radius 1 is 1.12 bits per heavy atom. The predicted molar refractivity (Wildman–Crippen MR) is 91.8 cm³/mol. The quantitative estimate of drug-likeness (QED) is 0.395. The van der Waals surface area contributed by atoms with Gasteiger partial charge < -0.3 is 39.7 Å². The Labute approximate surface area is 151 Å². The lowest BCUT2D eigenvalue weighted by Gasteiger charge is -2.39. The third-order valence-corrected chi connectivity index (χ3v) is 4.22. The molecule has 1 aliphatic rings. The number of aliphatic hydroxyl groups is 4. The highest BCUT2D eigenvalue weighted by Crippen LogP contribution is 2.26. The van der Waals surface area contributed by atoms with Crippen LogP contribution in [0.4, 0.5) is 0 Å². The Morgan fingerprint density at radius 2 is 1.88 bits per heavy atom. The third kappa shape index (κ3) is 5.16. The van der Waals surface area contributed by atoms with Crippen molar-refractivity contribution in [3.8, 4) is 11.5 Å². The average molecular weight is 370 g/mol. The normalized spacial score (nSPS) is 29.2. The molecule has 5 atom stereocenters. The van der Waals surface area contributed by atoms with Gasteiger partial charge in [0.1, 0.15) is 24.4 Å². The number of rotatable bonds is 8. The van der Waals surface area contributed by atoms with Crippen LogP contribution in [-0.2, 0) is 15.9 Å². The minimum atomic E-state index is -1.45. The maximum absolute atomic E-state index is 9.85. The van der Waals surface area contributed by atoms with Crippen LogP contribution in [0.5, 0.6) is 11.5 Å². The van der Waals surface area contributed by atoms with E-state index in [0.29, 0.717) is 5.75 Å². The second-order valence-electron chi connectivity index (χ2n) is 6.05. The summed E-state index contributed by atoms with van der Waals surface area (Å²) < 4.78 is 15.7. The molecule has 8 heteroatoms. The summed E-state index contributed by atoms with van der Waals surface area (Å²) >= 11 is 0. The minimum absolute atomic E-state index is 0.0970. The van der Waals surface area contributed by atoms with Crippen molar-refractivity contribution in [2.24, 2.45) is 0 Å². The van der Waals surface area contributed by atoms with Gasteiger partial charge in [-0.1, -0.05) is 18.2 Å². The Hall–Kier alpha value is -1.68. The Morgan fingerprint density at radius 3 is 2.58 bits per heavy atom. The topological polar surface area (TPSA) is 129 Å². The highest BCUT2D eigenvalue weighted by atomic mass is 16.7.